The Kier molecular flexibility index (Phi) is 3.83. The predicted molar refractivity (Wildman–Crippen MR) is 66.0 cm³/mol. The molecule has 1 aromatic rings. The Morgan fingerprint density at radius 2 is 2.07 bits per heavy atom. The van der Waals surface area contributed by atoms with Crippen LogP contribution >= 0.6 is 35.0 Å². The summed E-state index contributed by atoms with van der Waals surface area (Å²) in [4.78, 5) is 0.968. The van der Waals surface area contributed by atoms with Gasteiger partial charge < -0.3 is 5.11 Å². The van der Waals surface area contributed by atoms with Crippen molar-refractivity contribution in [3.63, 3.8) is 0 Å². The number of halogens is 2. The number of rotatable bonds is 2. The van der Waals surface area contributed by atoms with Gasteiger partial charge in [-0.1, -0.05) is 23.2 Å². The summed E-state index contributed by atoms with van der Waals surface area (Å²) in [6.45, 7) is 0. The molecule has 1 fully saturated rings. The molecule has 0 heterocycles. The summed E-state index contributed by atoms with van der Waals surface area (Å²) in [5.74, 6) is 0. The highest BCUT2D eigenvalue weighted by atomic mass is 35.5. The first-order valence-electron chi connectivity index (χ1n) is 4.96. The van der Waals surface area contributed by atoms with E-state index in [1.54, 1.807) is 23.9 Å². The van der Waals surface area contributed by atoms with Crippen LogP contribution in [0.2, 0.25) is 10.0 Å². The molecule has 1 saturated carbocycles. The molecule has 0 saturated heterocycles. The third kappa shape index (κ3) is 2.82. The Morgan fingerprint density at radius 1 is 1.27 bits per heavy atom. The predicted octanol–water partition coefficient (Wildman–Crippen LogP) is 4.00. The molecule has 2 unspecified atom stereocenters. The summed E-state index contributed by atoms with van der Waals surface area (Å²) >= 11 is 13.6. The molecule has 1 nitrogen and oxygen atoms in total. The molecule has 0 spiro atoms. The van der Waals surface area contributed by atoms with Crippen molar-refractivity contribution in [1.82, 2.24) is 0 Å². The smallest absolute Gasteiger partial charge is 0.0662 e. The van der Waals surface area contributed by atoms with Crippen molar-refractivity contribution in [2.75, 3.05) is 0 Å². The van der Waals surface area contributed by atoms with Crippen LogP contribution in [-0.4, -0.2) is 16.5 Å². The number of aliphatic hydroxyl groups is 1. The molecule has 0 amide bonds. The minimum absolute atomic E-state index is 0.204. The average molecular weight is 263 g/mol. The minimum atomic E-state index is -0.204. The van der Waals surface area contributed by atoms with E-state index < -0.39 is 0 Å². The molecule has 82 valence electrons. The molecule has 1 aliphatic carbocycles. The minimum Gasteiger partial charge on any atom is -0.392 e. The molecule has 0 aliphatic heterocycles. The van der Waals surface area contributed by atoms with Crippen LogP contribution in [0.1, 0.15) is 19.3 Å². The van der Waals surface area contributed by atoms with Crippen molar-refractivity contribution in [3.8, 4) is 0 Å². The second-order valence-corrected chi connectivity index (χ2v) is 5.85. The van der Waals surface area contributed by atoms with Gasteiger partial charge in [0.15, 0.2) is 0 Å². The van der Waals surface area contributed by atoms with Crippen LogP contribution in [-0.2, 0) is 0 Å². The molecule has 0 radical (unpaired) electrons. The third-order valence-electron chi connectivity index (χ3n) is 2.59. The largest absolute Gasteiger partial charge is 0.392 e. The first kappa shape index (κ1) is 11.6. The monoisotopic (exact) mass is 262 g/mol. The van der Waals surface area contributed by atoms with E-state index in [-0.39, 0.29) is 11.4 Å². The van der Waals surface area contributed by atoms with Crippen molar-refractivity contribution in [1.29, 1.82) is 0 Å². The van der Waals surface area contributed by atoms with Crippen LogP contribution in [0.25, 0.3) is 0 Å². The van der Waals surface area contributed by atoms with E-state index in [9.17, 15) is 5.11 Å². The molecular weight excluding hydrogens is 251 g/mol. The molecule has 2 atom stereocenters. The lowest BCUT2D eigenvalue weighted by Gasteiger charge is -2.14. The Hall–Kier alpha value is 0.110. The van der Waals surface area contributed by atoms with Crippen molar-refractivity contribution in [3.05, 3.63) is 28.2 Å². The fourth-order valence-corrected chi connectivity index (χ4v) is 3.54. The van der Waals surface area contributed by atoms with Crippen molar-refractivity contribution >= 4 is 35.0 Å². The fourth-order valence-electron chi connectivity index (χ4n) is 1.77. The molecule has 1 N–H and O–H groups in total. The van der Waals surface area contributed by atoms with E-state index in [1.807, 2.05) is 6.07 Å². The maximum atomic E-state index is 9.71. The van der Waals surface area contributed by atoms with Gasteiger partial charge in [0.1, 0.15) is 0 Å². The van der Waals surface area contributed by atoms with E-state index in [4.69, 9.17) is 23.2 Å². The van der Waals surface area contributed by atoms with Gasteiger partial charge in [0.05, 0.1) is 11.1 Å². The second-order valence-electron chi connectivity index (χ2n) is 3.73. The van der Waals surface area contributed by atoms with Gasteiger partial charge in [-0.05, 0) is 37.5 Å². The van der Waals surface area contributed by atoms with Crippen LogP contribution in [0.3, 0.4) is 0 Å². The van der Waals surface area contributed by atoms with Gasteiger partial charge in [0.25, 0.3) is 0 Å². The Labute approximate surface area is 104 Å². The van der Waals surface area contributed by atoms with Crippen LogP contribution in [0, 0.1) is 0 Å². The zero-order valence-corrected chi connectivity index (χ0v) is 10.4. The van der Waals surface area contributed by atoms with Gasteiger partial charge in [-0.3, -0.25) is 0 Å². The summed E-state index contributed by atoms with van der Waals surface area (Å²) in [7, 11) is 0. The maximum absolute atomic E-state index is 9.71. The molecule has 0 bridgehead atoms. The molecule has 4 heteroatoms. The van der Waals surface area contributed by atoms with E-state index in [0.717, 1.165) is 24.2 Å². The topological polar surface area (TPSA) is 20.2 Å². The van der Waals surface area contributed by atoms with Gasteiger partial charge in [-0.25, -0.2) is 0 Å². The summed E-state index contributed by atoms with van der Waals surface area (Å²) in [5.41, 5.74) is 0. The number of benzene rings is 1. The van der Waals surface area contributed by atoms with Crippen molar-refractivity contribution in [2.45, 2.75) is 35.5 Å². The standard InChI is InChI=1S/C11H12Cl2OS/c12-7-4-5-8(13)11(6-7)15-10-3-1-2-9(10)14/h4-6,9-10,14H,1-3H2. The molecule has 1 aliphatic rings. The van der Waals surface area contributed by atoms with Gasteiger partial charge >= 0.3 is 0 Å². The summed E-state index contributed by atoms with van der Waals surface area (Å²) in [6.07, 6.45) is 2.84. The Balaban J connectivity index is 2.12. The van der Waals surface area contributed by atoms with Crippen LogP contribution in [0.5, 0.6) is 0 Å². The second kappa shape index (κ2) is 4.96. The lowest BCUT2D eigenvalue weighted by atomic mass is 10.3. The first-order valence-corrected chi connectivity index (χ1v) is 6.60. The maximum Gasteiger partial charge on any atom is 0.0662 e. The highest BCUT2D eigenvalue weighted by molar-refractivity contribution is 8.00. The Bertz CT molecular complexity index is 356. The van der Waals surface area contributed by atoms with Gasteiger partial charge in [-0.2, -0.15) is 0 Å². The van der Waals surface area contributed by atoms with Crippen LogP contribution < -0.4 is 0 Å². The van der Waals surface area contributed by atoms with E-state index in [0.29, 0.717) is 10.0 Å². The van der Waals surface area contributed by atoms with E-state index in [1.165, 1.54) is 0 Å². The fraction of sp³-hybridized carbons (Fsp3) is 0.455. The van der Waals surface area contributed by atoms with E-state index in [2.05, 4.69) is 0 Å². The lowest BCUT2D eigenvalue weighted by molar-refractivity contribution is 0.188. The third-order valence-corrected chi connectivity index (χ3v) is 4.71. The van der Waals surface area contributed by atoms with E-state index >= 15 is 0 Å². The molecule has 15 heavy (non-hydrogen) atoms. The van der Waals surface area contributed by atoms with Crippen molar-refractivity contribution < 1.29 is 5.11 Å². The number of aliphatic hydroxyl groups excluding tert-OH is 1. The highest BCUT2D eigenvalue weighted by Crippen LogP contribution is 2.39. The zero-order valence-electron chi connectivity index (χ0n) is 8.12. The van der Waals surface area contributed by atoms with Crippen molar-refractivity contribution in [2.24, 2.45) is 0 Å². The number of hydrogen-bond acceptors (Lipinski definition) is 2. The first-order chi connectivity index (χ1) is 7.16. The van der Waals surface area contributed by atoms with Crippen LogP contribution in [0.4, 0.5) is 0 Å². The normalized spacial score (nSPS) is 25.8. The van der Waals surface area contributed by atoms with Gasteiger partial charge in [0.2, 0.25) is 0 Å². The summed E-state index contributed by atoms with van der Waals surface area (Å²) in [6, 6.07) is 5.44. The summed E-state index contributed by atoms with van der Waals surface area (Å²) < 4.78 is 0. The molecule has 2 rings (SSSR count). The van der Waals surface area contributed by atoms with Gasteiger partial charge in [-0.15, -0.1) is 11.8 Å². The van der Waals surface area contributed by atoms with Crippen LogP contribution in [0.15, 0.2) is 23.1 Å². The lowest BCUT2D eigenvalue weighted by Crippen LogP contribution is -2.14. The SMILES string of the molecule is OC1CCCC1Sc1cc(Cl)ccc1Cl. The number of thioether (sulfide) groups is 1. The average Bonchev–Trinajstić information content (AvgIpc) is 2.58. The number of hydrogen-bond donors (Lipinski definition) is 1. The highest BCUT2D eigenvalue weighted by Gasteiger charge is 2.26. The van der Waals surface area contributed by atoms with Gasteiger partial charge in [0, 0.05) is 15.2 Å². The quantitative estimate of drug-likeness (QED) is 0.870. The zero-order chi connectivity index (χ0) is 10.8. The summed E-state index contributed by atoms with van der Waals surface area (Å²) in [5, 5.41) is 11.4. The molecular formula is C11H12Cl2OS. The Morgan fingerprint density at radius 3 is 2.73 bits per heavy atom. The molecule has 0 aromatic heterocycles. The molecule has 1 aromatic carbocycles.